The van der Waals surface area contributed by atoms with Crippen LogP contribution in [0.15, 0.2) is 75.4 Å². The first kappa shape index (κ1) is 21.9. The summed E-state index contributed by atoms with van der Waals surface area (Å²) in [5, 5.41) is 11.0. The van der Waals surface area contributed by atoms with Crippen molar-refractivity contribution in [2.75, 3.05) is 14.1 Å². The average Bonchev–Trinajstić information content (AvgIpc) is 3.48. The molecule has 0 radical (unpaired) electrons. The largest absolute Gasteiger partial charge is 0.416 e. The summed E-state index contributed by atoms with van der Waals surface area (Å²) in [5.74, 6) is 0.423. The fraction of sp³-hybridized carbons (Fsp3) is 0.136. The first-order valence-electron chi connectivity index (χ1n) is 9.63. The fourth-order valence-electron chi connectivity index (χ4n) is 2.87. The summed E-state index contributed by atoms with van der Waals surface area (Å²) in [5.41, 5.74) is 1.87. The maximum absolute atomic E-state index is 12.6. The number of nitrogens with one attached hydrogen (secondary N) is 1. The minimum atomic E-state index is -3.49. The molecule has 10 heteroatoms. The van der Waals surface area contributed by atoms with E-state index in [4.69, 9.17) is 4.42 Å². The van der Waals surface area contributed by atoms with Gasteiger partial charge >= 0.3 is 0 Å². The summed E-state index contributed by atoms with van der Waals surface area (Å²) in [6.45, 7) is 0.218. The number of aromatic nitrogens is 2. The lowest BCUT2D eigenvalue weighted by molar-refractivity contribution is 0.0951. The molecule has 2 heterocycles. The van der Waals surface area contributed by atoms with E-state index in [1.807, 2.05) is 30.3 Å². The second-order valence-electron chi connectivity index (χ2n) is 7.05. The van der Waals surface area contributed by atoms with Gasteiger partial charge in [-0.15, -0.1) is 21.5 Å². The van der Waals surface area contributed by atoms with Crippen LogP contribution in [0.25, 0.3) is 22.9 Å². The molecule has 0 aliphatic heterocycles. The lowest BCUT2D eigenvalue weighted by Crippen LogP contribution is -2.22. The van der Waals surface area contributed by atoms with Crippen LogP contribution in [0.3, 0.4) is 0 Å². The van der Waals surface area contributed by atoms with Crippen molar-refractivity contribution < 1.29 is 17.6 Å². The van der Waals surface area contributed by atoms with Crippen LogP contribution in [-0.2, 0) is 16.6 Å². The van der Waals surface area contributed by atoms with Crippen molar-refractivity contribution in [3.8, 4) is 22.9 Å². The van der Waals surface area contributed by atoms with E-state index in [1.165, 1.54) is 14.1 Å². The summed E-state index contributed by atoms with van der Waals surface area (Å²) in [4.78, 5) is 13.4. The molecule has 0 aliphatic rings. The molecule has 0 unspecified atom stereocenters. The lowest BCUT2D eigenvalue weighted by Gasteiger charge is -2.08. The van der Waals surface area contributed by atoms with Gasteiger partial charge in [0.25, 0.3) is 15.9 Å². The zero-order chi connectivity index (χ0) is 22.7. The number of thiophene rings is 1. The smallest absolute Gasteiger partial charge is 0.252 e. The third-order valence-corrected chi connectivity index (χ3v) is 7.98. The number of hydrogen-bond donors (Lipinski definition) is 1. The Morgan fingerprint density at radius 2 is 1.66 bits per heavy atom. The molecular formula is C22H20N4O4S2. The predicted molar refractivity (Wildman–Crippen MR) is 122 cm³/mol. The molecule has 4 rings (SSSR count). The number of carbonyl (C=O) groups excluding carboxylic acids is 1. The van der Waals surface area contributed by atoms with Crippen molar-refractivity contribution in [1.82, 2.24) is 19.8 Å². The summed E-state index contributed by atoms with van der Waals surface area (Å²) in [6, 6.07) is 19.6. The summed E-state index contributed by atoms with van der Waals surface area (Å²) in [7, 11) is -0.522. The molecule has 0 fully saturated rings. The van der Waals surface area contributed by atoms with Crippen LogP contribution in [0.2, 0.25) is 0 Å². The maximum atomic E-state index is 12.6. The van der Waals surface area contributed by atoms with E-state index in [1.54, 1.807) is 36.4 Å². The fourth-order valence-corrected chi connectivity index (χ4v) is 5.34. The highest BCUT2D eigenvalue weighted by atomic mass is 32.2. The van der Waals surface area contributed by atoms with Gasteiger partial charge in [0.2, 0.25) is 11.8 Å². The molecule has 8 nitrogen and oxygen atoms in total. The van der Waals surface area contributed by atoms with E-state index in [2.05, 4.69) is 15.5 Å². The quantitative estimate of drug-likeness (QED) is 0.444. The van der Waals surface area contributed by atoms with Gasteiger partial charge in [0, 0.05) is 35.7 Å². The van der Waals surface area contributed by atoms with E-state index in [9.17, 15) is 13.2 Å². The second-order valence-corrected chi connectivity index (χ2v) is 10.6. The normalized spacial score (nSPS) is 11.6. The minimum Gasteiger partial charge on any atom is -0.416 e. The highest BCUT2D eigenvalue weighted by molar-refractivity contribution is 7.91. The van der Waals surface area contributed by atoms with E-state index in [-0.39, 0.29) is 16.7 Å². The van der Waals surface area contributed by atoms with Crippen molar-refractivity contribution >= 4 is 27.3 Å². The number of carbonyl (C=O) groups is 1. The lowest BCUT2D eigenvalue weighted by atomic mass is 10.1. The number of sulfonamides is 1. The Labute approximate surface area is 189 Å². The molecule has 0 aliphatic carbocycles. The third-order valence-electron chi connectivity index (χ3n) is 4.61. The Balaban J connectivity index is 1.46. The molecule has 1 amide bonds. The van der Waals surface area contributed by atoms with E-state index in [0.29, 0.717) is 22.9 Å². The Morgan fingerprint density at radius 1 is 0.969 bits per heavy atom. The van der Waals surface area contributed by atoms with Crippen molar-refractivity contribution in [2.45, 2.75) is 10.8 Å². The van der Waals surface area contributed by atoms with Crippen LogP contribution in [0.4, 0.5) is 0 Å². The molecule has 2 aromatic carbocycles. The molecular weight excluding hydrogens is 448 g/mol. The molecule has 32 heavy (non-hydrogen) atoms. The van der Waals surface area contributed by atoms with Gasteiger partial charge in [-0.25, -0.2) is 12.7 Å². The molecule has 0 saturated carbocycles. The van der Waals surface area contributed by atoms with Crippen molar-refractivity contribution in [1.29, 1.82) is 0 Å². The Kier molecular flexibility index (Phi) is 6.17. The van der Waals surface area contributed by atoms with E-state index < -0.39 is 10.0 Å². The van der Waals surface area contributed by atoms with Crippen LogP contribution in [0.5, 0.6) is 0 Å². The first-order valence-corrected chi connectivity index (χ1v) is 11.9. The van der Waals surface area contributed by atoms with Gasteiger partial charge in [-0.2, -0.15) is 0 Å². The molecule has 0 spiro atoms. The maximum Gasteiger partial charge on any atom is 0.252 e. The number of benzene rings is 2. The summed E-state index contributed by atoms with van der Waals surface area (Å²) < 4.78 is 31.6. The standard InChI is InChI=1S/C22H20N4O4S2/c1-26(2)32(28,29)19-12-11-18(31-19)14-23-20(27)16-9-6-10-17(13-16)22-25-24-21(30-22)15-7-4-3-5-8-15/h3-13H,14H2,1-2H3,(H,23,27). The van der Waals surface area contributed by atoms with E-state index in [0.717, 1.165) is 26.1 Å². The molecule has 0 saturated heterocycles. The van der Waals surface area contributed by atoms with Gasteiger partial charge < -0.3 is 9.73 Å². The number of nitrogens with zero attached hydrogens (tertiary/aromatic N) is 3. The highest BCUT2D eigenvalue weighted by Crippen LogP contribution is 2.25. The van der Waals surface area contributed by atoms with Gasteiger partial charge in [0.15, 0.2) is 0 Å². The number of rotatable bonds is 7. The van der Waals surface area contributed by atoms with Crippen LogP contribution < -0.4 is 5.32 Å². The second kappa shape index (κ2) is 9.03. The third kappa shape index (κ3) is 4.62. The van der Waals surface area contributed by atoms with Gasteiger partial charge in [-0.1, -0.05) is 24.3 Å². The van der Waals surface area contributed by atoms with Crippen molar-refractivity contribution in [3.63, 3.8) is 0 Å². The van der Waals surface area contributed by atoms with Crippen LogP contribution in [0, 0.1) is 0 Å². The topological polar surface area (TPSA) is 105 Å². The monoisotopic (exact) mass is 468 g/mol. The average molecular weight is 469 g/mol. The van der Waals surface area contributed by atoms with Gasteiger partial charge in [-0.05, 0) is 42.5 Å². The SMILES string of the molecule is CN(C)S(=O)(=O)c1ccc(CNC(=O)c2cccc(-c3nnc(-c4ccccc4)o3)c2)s1. The molecule has 4 aromatic rings. The van der Waals surface area contributed by atoms with Crippen LogP contribution >= 0.6 is 11.3 Å². The summed E-state index contributed by atoms with van der Waals surface area (Å²) >= 11 is 1.13. The molecule has 164 valence electrons. The van der Waals surface area contributed by atoms with Crippen LogP contribution in [0.1, 0.15) is 15.2 Å². The van der Waals surface area contributed by atoms with Crippen molar-refractivity contribution in [3.05, 3.63) is 77.2 Å². The predicted octanol–water partition coefficient (Wildman–Crippen LogP) is 3.65. The first-order chi connectivity index (χ1) is 15.3. The zero-order valence-corrected chi connectivity index (χ0v) is 19.0. The van der Waals surface area contributed by atoms with Crippen molar-refractivity contribution in [2.24, 2.45) is 0 Å². The van der Waals surface area contributed by atoms with Crippen LogP contribution in [-0.4, -0.2) is 42.9 Å². The molecule has 1 N–H and O–H groups in total. The molecule has 0 atom stereocenters. The highest BCUT2D eigenvalue weighted by Gasteiger charge is 2.20. The Hall–Kier alpha value is -3.34. The van der Waals surface area contributed by atoms with E-state index >= 15 is 0 Å². The number of amides is 1. The summed E-state index contributed by atoms with van der Waals surface area (Å²) in [6.07, 6.45) is 0. The van der Waals surface area contributed by atoms with Gasteiger partial charge in [0.05, 0.1) is 6.54 Å². The number of hydrogen-bond acceptors (Lipinski definition) is 7. The molecule has 0 bridgehead atoms. The molecule has 2 aromatic heterocycles. The Bertz CT molecular complexity index is 1350. The Morgan fingerprint density at radius 3 is 2.38 bits per heavy atom. The zero-order valence-electron chi connectivity index (χ0n) is 17.3. The van der Waals surface area contributed by atoms with Gasteiger partial charge in [-0.3, -0.25) is 4.79 Å². The van der Waals surface area contributed by atoms with Gasteiger partial charge in [0.1, 0.15) is 4.21 Å². The minimum absolute atomic E-state index is 0.218.